The van der Waals surface area contributed by atoms with Gasteiger partial charge in [-0.1, -0.05) is 18.2 Å². The number of amides is 1. The Morgan fingerprint density at radius 3 is 2.32 bits per heavy atom. The molecule has 1 amide bonds. The third kappa shape index (κ3) is 4.27. The number of halogens is 1. The Kier molecular flexibility index (Phi) is 6.10. The lowest BCUT2D eigenvalue weighted by atomic mass is 9.95. The summed E-state index contributed by atoms with van der Waals surface area (Å²) in [5.41, 5.74) is -0.619. The van der Waals surface area contributed by atoms with E-state index in [4.69, 9.17) is 5.11 Å². The summed E-state index contributed by atoms with van der Waals surface area (Å²) in [5.74, 6) is -4.47. The molecule has 1 unspecified atom stereocenters. The third-order valence-corrected chi connectivity index (χ3v) is 4.88. The number of hydrogen-bond acceptors (Lipinski definition) is 6. The Labute approximate surface area is 175 Å². The average Bonchev–Trinajstić information content (AvgIpc) is 2.98. The number of nitrogens with zero attached hydrogens (tertiary/aromatic N) is 2. The standard InChI is InChI=1S/C21H17FN2O7/c22-15-5-2-1-4-14(15)18-17(19(27)12-7-9-13(10-8-12)24(30)31)20(28)21(29)23(18)11-3-6-16(25)26/h1-2,4-5,7-10,18,27H,3,6,11H2,(H,25,26)/b19-17+. The molecule has 2 aromatic carbocycles. The van der Waals surface area contributed by atoms with Crippen LogP contribution in [0.5, 0.6) is 0 Å². The number of likely N-dealkylation sites (tertiary alicyclic amines) is 1. The molecule has 1 aliphatic heterocycles. The van der Waals surface area contributed by atoms with Gasteiger partial charge < -0.3 is 15.1 Å². The van der Waals surface area contributed by atoms with Gasteiger partial charge in [0.05, 0.1) is 16.5 Å². The van der Waals surface area contributed by atoms with Crippen molar-refractivity contribution in [2.24, 2.45) is 0 Å². The molecule has 1 heterocycles. The van der Waals surface area contributed by atoms with Crippen LogP contribution in [0.1, 0.15) is 30.0 Å². The van der Waals surface area contributed by atoms with Crippen molar-refractivity contribution >= 4 is 29.1 Å². The number of carboxylic acid groups (broad SMARTS) is 1. The van der Waals surface area contributed by atoms with Crippen molar-refractivity contribution in [1.82, 2.24) is 4.90 Å². The summed E-state index contributed by atoms with van der Waals surface area (Å²) in [5, 5.41) is 30.5. The van der Waals surface area contributed by atoms with Gasteiger partial charge >= 0.3 is 5.97 Å². The van der Waals surface area contributed by atoms with E-state index in [1.807, 2.05) is 0 Å². The molecule has 31 heavy (non-hydrogen) atoms. The van der Waals surface area contributed by atoms with Gasteiger partial charge in [-0.2, -0.15) is 0 Å². The first-order chi connectivity index (χ1) is 14.7. The van der Waals surface area contributed by atoms with Gasteiger partial charge in [0.25, 0.3) is 17.4 Å². The van der Waals surface area contributed by atoms with Crippen LogP contribution in [-0.2, 0) is 14.4 Å². The van der Waals surface area contributed by atoms with Crippen LogP contribution in [-0.4, -0.2) is 44.2 Å². The second-order valence-electron chi connectivity index (χ2n) is 6.82. The van der Waals surface area contributed by atoms with E-state index in [2.05, 4.69) is 0 Å². The summed E-state index contributed by atoms with van der Waals surface area (Å²) in [7, 11) is 0. The number of carboxylic acids is 1. The summed E-state index contributed by atoms with van der Waals surface area (Å²) in [6, 6.07) is 8.82. The maximum Gasteiger partial charge on any atom is 0.303 e. The quantitative estimate of drug-likeness (QED) is 0.227. The number of nitro groups is 1. The number of rotatable bonds is 7. The van der Waals surface area contributed by atoms with Gasteiger partial charge in [0.2, 0.25) is 0 Å². The molecule has 1 atom stereocenters. The van der Waals surface area contributed by atoms with Crippen molar-refractivity contribution < 1.29 is 33.9 Å². The molecule has 1 aliphatic rings. The zero-order valence-electron chi connectivity index (χ0n) is 16.0. The topological polar surface area (TPSA) is 138 Å². The second-order valence-corrected chi connectivity index (χ2v) is 6.82. The lowest BCUT2D eigenvalue weighted by Gasteiger charge is -2.25. The first-order valence-electron chi connectivity index (χ1n) is 9.21. The van der Waals surface area contributed by atoms with Gasteiger partial charge in [0, 0.05) is 36.2 Å². The highest BCUT2D eigenvalue weighted by Crippen LogP contribution is 2.40. The highest BCUT2D eigenvalue weighted by molar-refractivity contribution is 6.46. The normalized spacial score (nSPS) is 17.7. The summed E-state index contributed by atoms with van der Waals surface area (Å²) in [4.78, 5) is 47.4. The minimum atomic E-state index is -1.27. The summed E-state index contributed by atoms with van der Waals surface area (Å²) >= 11 is 0. The maximum absolute atomic E-state index is 14.6. The predicted octanol–water partition coefficient (Wildman–Crippen LogP) is 3.02. The molecule has 0 radical (unpaired) electrons. The first kappa shape index (κ1) is 21.6. The van der Waals surface area contributed by atoms with Crippen LogP contribution in [0.25, 0.3) is 5.76 Å². The van der Waals surface area contributed by atoms with Crippen molar-refractivity contribution in [2.75, 3.05) is 6.54 Å². The Morgan fingerprint density at radius 1 is 1.10 bits per heavy atom. The largest absolute Gasteiger partial charge is 0.507 e. The predicted molar refractivity (Wildman–Crippen MR) is 105 cm³/mol. The number of ketones is 1. The SMILES string of the molecule is O=C(O)CCCN1C(=O)C(=O)/C(=C(/O)c2ccc([N+](=O)[O-])cc2)C1c1ccccc1F. The number of carbonyl (C=O) groups is 3. The van der Waals surface area contributed by atoms with Gasteiger partial charge in [0.15, 0.2) is 0 Å². The Morgan fingerprint density at radius 2 is 1.74 bits per heavy atom. The fraction of sp³-hybridized carbons (Fsp3) is 0.190. The highest BCUT2D eigenvalue weighted by atomic mass is 19.1. The van der Waals surface area contributed by atoms with Gasteiger partial charge in [-0.25, -0.2) is 4.39 Å². The number of Topliss-reactive ketones (excluding diaryl/α,β-unsaturated/α-hetero) is 1. The number of nitro benzene ring substituents is 1. The number of carbonyl (C=O) groups excluding carboxylic acids is 2. The molecule has 0 bridgehead atoms. The van der Waals surface area contributed by atoms with Crippen molar-refractivity contribution in [3.05, 3.63) is 81.2 Å². The number of hydrogen-bond donors (Lipinski definition) is 2. The maximum atomic E-state index is 14.6. The van der Waals surface area contributed by atoms with Gasteiger partial charge in [0.1, 0.15) is 11.6 Å². The summed E-state index contributed by atoms with van der Waals surface area (Å²) in [6.07, 6.45) is -0.250. The molecule has 1 fully saturated rings. The fourth-order valence-electron chi connectivity index (χ4n) is 3.43. The molecule has 0 aromatic heterocycles. The zero-order chi connectivity index (χ0) is 22.7. The van der Waals surface area contributed by atoms with E-state index in [1.54, 1.807) is 0 Å². The van der Waals surface area contributed by atoms with Gasteiger partial charge in [-0.3, -0.25) is 24.5 Å². The monoisotopic (exact) mass is 428 g/mol. The number of aliphatic hydroxyl groups excluding tert-OH is 1. The van der Waals surface area contributed by atoms with E-state index in [-0.39, 0.29) is 41.8 Å². The molecule has 0 saturated carbocycles. The van der Waals surface area contributed by atoms with Crippen molar-refractivity contribution in [3.63, 3.8) is 0 Å². The van der Waals surface area contributed by atoms with Crippen molar-refractivity contribution in [1.29, 1.82) is 0 Å². The minimum absolute atomic E-state index is 0.0187. The minimum Gasteiger partial charge on any atom is -0.507 e. The summed E-state index contributed by atoms with van der Waals surface area (Å²) in [6.45, 7) is -0.146. The number of aliphatic carboxylic acids is 1. The molecule has 9 nitrogen and oxygen atoms in total. The van der Waals surface area contributed by atoms with Crippen LogP contribution in [0.3, 0.4) is 0 Å². The average molecular weight is 428 g/mol. The van der Waals surface area contributed by atoms with Crippen molar-refractivity contribution in [2.45, 2.75) is 18.9 Å². The molecular formula is C21H17FN2O7. The number of benzene rings is 2. The van der Waals surface area contributed by atoms with E-state index >= 15 is 0 Å². The molecule has 2 N–H and O–H groups in total. The van der Waals surface area contributed by atoms with E-state index in [1.165, 1.54) is 30.3 Å². The van der Waals surface area contributed by atoms with E-state index in [9.17, 15) is 34.0 Å². The van der Waals surface area contributed by atoms with Gasteiger partial charge in [-0.15, -0.1) is 0 Å². The third-order valence-electron chi connectivity index (χ3n) is 4.88. The van der Waals surface area contributed by atoms with Crippen LogP contribution in [0, 0.1) is 15.9 Å². The molecule has 2 aromatic rings. The van der Waals surface area contributed by atoms with Crippen LogP contribution >= 0.6 is 0 Å². The van der Waals surface area contributed by atoms with Crippen LogP contribution in [0.4, 0.5) is 10.1 Å². The molecule has 1 saturated heterocycles. The van der Waals surface area contributed by atoms with Crippen LogP contribution in [0.2, 0.25) is 0 Å². The summed E-state index contributed by atoms with van der Waals surface area (Å²) < 4.78 is 14.6. The lowest BCUT2D eigenvalue weighted by Crippen LogP contribution is -2.31. The van der Waals surface area contributed by atoms with E-state index in [0.29, 0.717) is 0 Å². The molecular weight excluding hydrogens is 411 g/mol. The number of aliphatic hydroxyl groups is 1. The lowest BCUT2D eigenvalue weighted by molar-refractivity contribution is -0.384. The van der Waals surface area contributed by atoms with Crippen LogP contribution < -0.4 is 0 Å². The highest BCUT2D eigenvalue weighted by Gasteiger charge is 2.46. The smallest absolute Gasteiger partial charge is 0.303 e. The molecule has 10 heteroatoms. The zero-order valence-corrected chi connectivity index (χ0v) is 16.0. The Bertz CT molecular complexity index is 1100. The molecule has 3 rings (SSSR count). The second kappa shape index (κ2) is 8.74. The molecule has 0 aliphatic carbocycles. The van der Waals surface area contributed by atoms with E-state index in [0.717, 1.165) is 23.1 Å². The van der Waals surface area contributed by atoms with Crippen molar-refractivity contribution in [3.8, 4) is 0 Å². The van der Waals surface area contributed by atoms with Gasteiger partial charge in [-0.05, 0) is 24.6 Å². The van der Waals surface area contributed by atoms with E-state index < -0.39 is 40.2 Å². The van der Waals surface area contributed by atoms with Crippen LogP contribution in [0.15, 0.2) is 54.1 Å². The fourth-order valence-corrected chi connectivity index (χ4v) is 3.43. The molecule has 160 valence electrons. The number of non-ortho nitro benzene ring substituents is 1. The first-order valence-corrected chi connectivity index (χ1v) is 9.21. The Balaban J connectivity index is 2.11. The Hall–Kier alpha value is -4.08. The molecule has 0 spiro atoms.